The minimum atomic E-state index is -0.443. The number of hydrogen-bond donors (Lipinski definition) is 1. The van der Waals surface area contributed by atoms with Gasteiger partial charge in [-0.05, 0) is 48.4 Å². The molecule has 33 heavy (non-hydrogen) atoms. The zero-order valence-electron chi connectivity index (χ0n) is 18.1. The molecule has 0 aliphatic rings. The number of para-hydroxylation sites is 2. The Bertz CT molecular complexity index is 1210. The number of hydrogen-bond acceptors (Lipinski definition) is 5. The summed E-state index contributed by atoms with van der Waals surface area (Å²) in [5.74, 6) is 0.220. The Hall–Kier alpha value is -3.65. The largest absolute Gasteiger partial charge is 0.483 e. The molecule has 6 nitrogen and oxygen atoms in total. The molecule has 1 heterocycles. The number of nitrogens with one attached hydrogen (secondary N) is 1. The molecule has 0 aliphatic heterocycles. The number of ether oxygens (including phenoxy) is 1. The van der Waals surface area contributed by atoms with E-state index in [4.69, 9.17) is 4.74 Å². The molecule has 1 amide bonds. The summed E-state index contributed by atoms with van der Waals surface area (Å²) >= 11 is 1.27. The lowest BCUT2D eigenvalue weighted by atomic mass is 10.1. The molecule has 8 heteroatoms. The average molecular weight is 463 g/mol. The van der Waals surface area contributed by atoms with Crippen LogP contribution in [0.4, 0.5) is 10.1 Å². The highest BCUT2D eigenvalue weighted by atomic mass is 32.2. The van der Waals surface area contributed by atoms with Crippen molar-refractivity contribution in [3.8, 4) is 11.4 Å². The lowest BCUT2D eigenvalue weighted by Gasteiger charge is -2.11. The van der Waals surface area contributed by atoms with Crippen molar-refractivity contribution in [1.82, 2.24) is 14.8 Å². The second-order valence-corrected chi connectivity index (χ2v) is 8.12. The first-order chi connectivity index (χ1) is 16.1. The predicted molar refractivity (Wildman–Crippen MR) is 127 cm³/mol. The molecular formula is C25H23FN4O2S. The van der Waals surface area contributed by atoms with E-state index in [9.17, 15) is 9.18 Å². The van der Waals surface area contributed by atoms with Crippen LogP contribution in [0.15, 0.2) is 84.0 Å². The molecule has 0 spiro atoms. The van der Waals surface area contributed by atoms with E-state index in [1.165, 1.54) is 23.4 Å². The normalized spacial score (nSPS) is 10.7. The number of rotatable bonds is 9. The number of benzene rings is 3. The first-order valence-corrected chi connectivity index (χ1v) is 11.5. The number of nitrogens with zero attached hydrogens (tertiary/aromatic N) is 3. The van der Waals surface area contributed by atoms with Crippen LogP contribution in [0.5, 0.6) is 5.75 Å². The van der Waals surface area contributed by atoms with Crippen molar-refractivity contribution in [2.45, 2.75) is 25.1 Å². The molecule has 0 bridgehead atoms. The van der Waals surface area contributed by atoms with Gasteiger partial charge >= 0.3 is 0 Å². The van der Waals surface area contributed by atoms with E-state index in [-0.39, 0.29) is 24.0 Å². The number of aryl methyl sites for hydroxylation is 1. The number of carbonyl (C=O) groups is 1. The molecule has 0 saturated heterocycles. The highest BCUT2D eigenvalue weighted by Crippen LogP contribution is 2.24. The van der Waals surface area contributed by atoms with Gasteiger partial charge in [0.15, 0.2) is 22.5 Å². The molecule has 168 valence electrons. The second-order valence-electron chi connectivity index (χ2n) is 7.18. The van der Waals surface area contributed by atoms with E-state index < -0.39 is 5.82 Å². The molecule has 3 aromatic carbocycles. The maximum atomic E-state index is 13.9. The number of aromatic nitrogens is 3. The van der Waals surface area contributed by atoms with Crippen molar-refractivity contribution in [3.05, 3.63) is 96.1 Å². The first kappa shape index (κ1) is 22.5. The fraction of sp³-hybridized carbons (Fsp3) is 0.160. The number of thioether (sulfide) groups is 1. The molecule has 0 radical (unpaired) electrons. The Morgan fingerprint density at radius 3 is 2.45 bits per heavy atom. The number of halogens is 1. The molecule has 1 aromatic heterocycles. The number of carbonyl (C=O) groups excluding carboxylic acids is 1. The van der Waals surface area contributed by atoms with Crippen LogP contribution in [0.2, 0.25) is 0 Å². The third-order valence-electron chi connectivity index (χ3n) is 4.89. The van der Waals surface area contributed by atoms with Gasteiger partial charge < -0.3 is 10.1 Å². The van der Waals surface area contributed by atoms with Gasteiger partial charge in [0, 0.05) is 11.4 Å². The fourth-order valence-electron chi connectivity index (χ4n) is 3.18. The van der Waals surface area contributed by atoms with E-state index in [1.807, 2.05) is 59.2 Å². The topological polar surface area (TPSA) is 69.0 Å². The van der Waals surface area contributed by atoms with E-state index in [1.54, 1.807) is 18.2 Å². The third kappa shape index (κ3) is 5.78. The van der Waals surface area contributed by atoms with Crippen molar-refractivity contribution in [2.24, 2.45) is 0 Å². The predicted octanol–water partition coefficient (Wildman–Crippen LogP) is 5.28. The Kier molecular flexibility index (Phi) is 7.36. The van der Waals surface area contributed by atoms with Crippen LogP contribution in [0.1, 0.15) is 18.3 Å². The fourth-order valence-corrected chi connectivity index (χ4v) is 3.95. The number of amides is 1. The van der Waals surface area contributed by atoms with Gasteiger partial charge in [0.1, 0.15) is 6.61 Å². The van der Waals surface area contributed by atoms with Gasteiger partial charge in [-0.1, -0.05) is 61.2 Å². The standard InChI is InChI=1S/C25H23FN4O2S/c1-2-18-12-14-19(15-13-18)27-24(31)17-33-25-29-28-23(30(25)20-8-4-3-5-9-20)16-32-22-11-7-6-10-21(22)26/h3-15H,2,16-17H2,1H3,(H,27,31). The summed E-state index contributed by atoms with van der Waals surface area (Å²) in [7, 11) is 0. The van der Waals surface area contributed by atoms with E-state index >= 15 is 0 Å². The van der Waals surface area contributed by atoms with Crippen molar-refractivity contribution in [3.63, 3.8) is 0 Å². The molecular weight excluding hydrogens is 439 g/mol. The molecule has 0 aliphatic carbocycles. The summed E-state index contributed by atoms with van der Waals surface area (Å²) in [5.41, 5.74) is 2.79. The molecule has 4 aromatic rings. The maximum absolute atomic E-state index is 13.9. The van der Waals surface area contributed by atoms with Gasteiger partial charge in [-0.2, -0.15) is 0 Å². The zero-order chi connectivity index (χ0) is 23.0. The molecule has 0 fully saturated rings. The van der Waals surface area contributed by atoms with Crippen molar-refractivity contribution < 1.29 is 13.9 Å². The van der Waals surface area contributed by atoms with E-state index in [2.05, 4.69) is 22.4 Å². The van der Waals surface area contributed by atoms with Crippen LogP contribution < -0.4 is 10.1 Å². The van der Waals surface area contributed by atoms with Crippen LogP contribution in [-0.4, -0.2) is 26.4 Å². The first-order valence-electron chi connectivity index (χ1n) is 10.5. The van der Waals surface area contributed by atoms with Crippen LogP contribution in [0.25, 0.3) is 5.69 Å². The lowest BCUT2D eigenvalue weighted by Crippen LogP contribution is -2.14. The summed E-state index contributed by atoms with van der Waals surface area (Å²) in [6.45, 7) is 2.11. The van der Waals surface area contributed by atoms with Crippen molar-refractivity contribution in [2.75, 3.05) is 11.1 Å². The Morgan fingerprint density at radius 1 is 1.00 bits per heavy atom. The van der Waals surface area contributed by atoms with Crippen molar-refractivity contribution in [1.29, 1.82) is 0 Å². The van der Waals surface area contributed by atoms with Gasteiger partial charge in [-0.15, -0.1) is 10.2 Å². The van der Waals surface area contributed by atoms with Gasteiger partial charge in [0.05, 0.1) is 5.75 Å². The molecule has 0 atom stereocenters. The summed E-state index contributed by atoms with van der Waals surface area (Å²) in [6.07, 6.45) is 0.947. The summed E-state index contributed by atoms with van der Waals surface area (Å²) < 4.78 is 21.4. The maximum Gasteiger partial charge on any atom is 0.234 e. The molecule has 1 N–H and O–H groups in total. The van der Waals surface area contributed by atoms with Gasteiger partial charge in [-0.25, -0.2) is 4.39 Å². The SMILES string of the molecule is CCc1ccc(NC(=O)CSc2nnc(COc3ccccc3F)n2-c2ccccc2)cc1. The summed E-state index contributed by atoms with van der Waals surface area (Å²) in [4.78, 5) is 12.5. The average Bonchev–Trinajstić information content (AvgIpc) is 3.26. The second kappa shape index (κ2) is 10.8. The summed E-state index contributed by atoms with van der Waals surface area (Å²) in [5, 5.41) is 11.9. The smallest absolute Gasteiger partial charge is 0.234 e. The highest BCUT2D eigenvalue weighted by Gasteiger charge is 2.17. The Balaban J connectivity index is 1.47. The highest BCUT2D eigenvalue weighted by molar-refractivity contribution is 7.99. The molecule has 0 saturated carbocycles. The van der Waals surface area contributed by atoms with Crippen LogP contribution in [0.3, 0.4) is 0 Å². The monoisotopic (exact) mass is 462 g/mol. The Morgan fingerprint density at radius 2 is 1.73 bits per heavy atom. The van der Waals surface area contributed by atoms with E-state index in [0.717, 1.165) is 17.8 Å². The third-order valence-corrected chi connectivity index (χ3v) is 5.82. The summed E-state index contributed by atoms with van der Waals surface area (Å²) in [6, 6.07) is 23.5. The zero-order valence-corrected chi connectivity index (χ0v) is 18.9. The van der Waals surface area contributed by atoms with Gasteiger partial charge in [0.2, 0.25) is 5.91 Å². The van der Waals surface area contributed by atoms with Gasteiger partial charge in [0.25, 0.3) is 0 Å². The number of anilines is 1. The molecule has 4 rings (SSSR count). The van der Waals surface area contributed by atoms with E-state index in [0.29, 0.717) is 11.0 Å². The lowest BCUT2D eigenvalue weighted by molar-refractivity contribution is -0.113. The van der Waals surface area contributed by atoms with Crippen LogP contribution >= 0.6 is 11.8 Å². The Labute approximate surface area is 195 Å². The quantitative estimate of drug-likeness (QED) is 0.343. The molecule has 0 unspecified atom stereocenters. The van der Waals surface area contributed by atoms with Crippen LogP contribution in [0, 0.1) is 5.82 Å². The minimum absolute atomic E-state index is 0.0271. The van der Waals surface area contributed by atoms with Gasteiger partial charge in [-0.3, -0.25) is 9.36 Å². The van der Waals surface area contributed by atoms with Crippen LogP contribution in [-0.2, 0) is 17.8 Å². The minimum Gasteiger partial charge on any atom is -0.483 e. The van der Waals surface area contributed by atoms with Crippen molar-refractivity contribution >= 4 is 23.4 Å².